The lowest BCUT2D eigenvalue weighted by molar-refractivity contribution is -0.0583. The van der Waals surface area contributed by atoms with Crippen LogP contribution < -0.4 is 5.73 Å². The maximum atomic E-state index is 6.93. The number of hydrogen-bond donors (Lipinski definition) is 1. The van der Waals surface area contributed by atoms with Crippen LogP contribution in [0.1, 0.15) is 37.7 Å². The largest absolute Gasteiger partial charge is 0.321 e. The number of halogens is 1. The molecule has 0 aromatic heterocycles. The van der Waals surface area contributed by atoms with Crippen LogP contribution in [-0.2, 0) is 5.54 Å². The van der Waals surface area contributed by atoms with Crippen molar-refractivity contribution in [3.63, 3.8) is 0 Å². The normalized spacial score (nSPS) is 45.4. The predicted molar refractivity (Wildman–Crippen MR) is 74.4 cm³/mol. The smallest absolute Gasteiger partial charge is 0.0481 e. The van der Waals surface area contributed by atoms with Gasteiger partial charge in [0.1, 0.15) is 0 Å². The van der Waals surface area contributed by atoms with E-state index in [1.54, 1.807) is 0 Å². The van der Waals surface area contributed by atoms with Gasteiger partial charge in [-0.2, -0.15) is 0 Å². The van der Waals surface area contributed by atoms with Crippen LogP contribution in [-0.4, -0.2) is 0 Å². The highest BCUT2D eigenvalue weighted by molar-refractivity contribution is 6.31. The summed E-state index contributed by atoms with van der Waals surface area (Å²) in [5, 5.41) is 0.868. The second-order valence-electron chi connectivity index (χ2n) is 6.72. The van der Waals surface area contributed by atoms with Crippen LogP contribution in [0.25, 0.3) is 0 Å². The standard InChI is InChI=1S/C16H20ClN/c17-15-4-2-1-3-14(15)16(18)12-6-10-5-11(8-12)9-13(16)7-10/h1-4,10-13H,5-9,18H2. The summed E-state index contributed by atoms with van der Waals surface area (Å²) in [6.45, 7) is 0. The Morgan fingerprint density at radius 1 is 0.944 bits per heavy atom. The second kappa shape index (κ2) is 3.74. The van der Waals surface area contributed by atoms with Crippen molar-refractivity contribution < 1.29 is 0 Å². The van der Waals surface area contributed by atoms with E-state index in [2.05, 4.69) is 12.1 Å². The molecule has 2 N–H and O–H groups in total. The molecule has 0 saturated heterocycles. The molecule has 4 aliphatic rings. The molecule has 1 nitrogen and oxygen atoms in total. The zero-order valence-corrected chi connectivity index (χ0v) is 11.4. The molecular weight excluding hydrogens is 242 g/mol. The molecule has 0 spiro atoms. The summed E-state index contributed by atoms with van der Waals surface area (Å²) in [5.41, 5.74) is 7.99. The number of nitrogens with two attached hydrogens (primary N) is 1. The van der Waals surface area contributed by atoms with Crippen molar-refractivity contribution in [1.82, 2.24) is 0 Å². The molecule has 2 heteroatoms. The van der Waals surface area contributed by atoms with E-state index in [0.29, 0.717) is 11.8 Å². The summed E-state index contributed by atoms with van der Waals surface area (Å²) in [6, 6.07) is 8.24. The first-order valence-electron chi connectivity index (χ1n) is 7.21. The molecule has 1 aromatic carbocycles. The molecule has 0 atom stereocenters. The Morgan fingerprint density at radius 2 is 1.50 bits per heavy atom. The molecule has 96 valence electrons. The van der Waals surface area contributed by atoms with Gasteiger partial charge in [0.25, 0.3) is 0 Å². The molecule has 5 rings (SSSR count). The molecule has 0 aliphatic heterocycles. The fraction of sp³-hybridized carbons (Fsp3) is 0.625. The fourth-order valence-corrected chi connectivity index (χ4v) is 5.52. The fourth-order valence-electron chi connectivity index (χ4n) is 5.22. The summed E-state index contributed by atoms with van der Waals surface area (Å²) in [7, 11) is 0. The van der Waals surface area contributed by atoms with Crippen LogP contribution in [0.4, 0.5) is 0 Å². The molecule has 0 radical (unpaired) electrons. The lowest BCUT2D eigenvalue weighted by Crippen LogP contribution is -2.60. The minimum absolute atomic E-state index is 0.147. The number of benzene rings is 1. The van der Waals surface area contributed by atoms with Gasteiger partial charge < -0.3 is 5.73 Å². The van der Waals surface area contributed by atoms with Gasteiger partial charge in [-0.15, -0.1) is 0 Å². The Hall–Kier alpha value is -0.530. The monoisotopic (exact) mass is 261 g/mol. The zero-order chi connectivity index (χ0) is 12.3. The first-order valence-corrected chi connectivity index (χ1v) is 7.59. The highest BCUT2D eigenvalue weighted by atomic mass is 35.5. The Bertz CT molecular complexity index is 454. The van der Waals surface area contributed by atoms with Crippen molar-refractivity contribution in [2.75, 3.05) is 0 Å². The molecule has 0 heterocycles. The van der Waals surface area contributed by atoms with Crippen LogP contribution in [0.3, 0.4) is 0 Å². The average molecular weight is 262 g/mol. The number of hydrogen-bond acceptors (Lipinski definition) is 1. The minimum atomic E-state index is -0.147. The topological polar surface area (TPSA) is 26.0 Å². The van der Waals surface area contributed by atoms with Crippen molar-refractivity contribution >= 4 is 11.6 Å². The Morgan fingerprint density at radius 3 is 2.06 bits per heavy atom. The highest BCUT2D eigenvalue weighted by Gasteiger charge is 2.56. The molecule has 0 unspecified atom stereocenters. The predicted octanol–water partition coefficient (Wildman–Crippen LogP) is 3.95. The minimum Gasteiger partial charge on any atom is -0.321 e. The van der Waals surface area contributed by atoms with Gasteiger partial charge in [0.15, 0.2) is 0 Å². The summed E-state index contributed by atoms with van der Waals surface area (Å²) >= 11 is 6.43. The van der Waals surface area contributed by atoms with Crippen LogP contribution in [0.5, 0.6) is 0 Å². The molecule has 1 aromatic rings. The van der Waals surface area contributed by atoms with Gasteiger partial charge in [-0.1, -0.05) is 29.8 Å². The van der Waals surface area contributed by atoms with Gasteiger partial charge in [0.05, 0.1) is 0 Å². The Kier molecular flexibility index (Phi) is 2.35. The summed E-state index contributed by atoms with van der Waals surface area (Å²) in [4.78, 5) is 0. The maximum absolute atomic E-state index is 6.93. The number of rotatable bonds is 1. The lowest BCUT2D eigenvalue weighted by Gasteiger charge is -2.60. The zero-order valence-electron chi connectivity index (χ0n) is 10.6. The van der Waals surface area contributed by atoms with Gasteiger partial charge in [0.2, 0.25) is 0 Å². The SMILES string of the molecule is NC1(c2ccccc2Cl)C2CC3CC(C2)CC1C3. The molecule has 4 aliphatic carbocycles. The van der Waals surface area contributed by atoms with Gasteiger partial charge in [-0.25, -0.2) is 0 Å². The van der Waals surface area contributed by atoms with E-state index in [9.17, 15) is 0 Å². The average Bonchev–Trinajstić information content (AvgIpc) is 2.35. The van der Waals surface area contributed by atoms with Crippen LogP contribution in [0.2, 0.25) is 5.02 Å². The van der Waals surface area contributed by atoms with Crippen LogP contribution in [0.15, 0.2) is 24.3 Å². The van der Waals surface area contributed by atoms with Crippen molar-refractivity contribution in [2.45, 2.75) is 37.6 Å². The van der Waals surface area contributed by atoms with Gasteiger partial charge in [-0.05, 0) is 67.4 Å². The summed E-state index contributed by atoms with van der Waals surface area (Å²) < 4.78 is 0. The Balaban J connectivity index is 1.81. The molecule has 18 heavy (non-hydrogen) atoms. The van der Waals surface area contributed by atoms with Crippen molar-refractivity contribution in [2.24, 2.45) is 29.4 Å². The molecule has 4 bridgehead atoms. The third kappa shape index (κ3) is 1.38. The van der Waals surface area contributed by atoms with E-state index in [0.717, 1.165) is 16.9 Å². The van der Waals surface area contributed by atoms with Gasteiger partial charge in [-0.3, -0.25) is 0 Å². The van der Waals surface area contributed by atoms with Crippen LogP contribution >= 0.6 is 11.6 Å². The molecular formula is C16H20ClN. The van der Waals surface area contributed by atoms with E-state index in [1.165, 1.54) is 37.7 Å². The quantitative estimate of drug-likeness (QED) is 0.814. The van der Waals surface area contributed by atoms with E-state index in [4.69, 9.17) is 17.3 Å². The third-order valence-corrected chi connectivity index (χ3v) is 6.16. The van der Waals surface area contributed by atoms with E-state index < -0.39 is 0 Å². The Labute approximate surface area is 114 Å². The first-order chi connectivity index (χ1) is 8.68. The molecule has 4 fully saturated rings. The molecule has 0 amide bonds. The second-order valence-corrected chi connectivity index (χ2v) is 7.12. The summed E-state index contributed by atoms with van der Waals surface area (Å²) in [6.07, 6.45) is 6.78. The van der Waals surface area contributed by atoms with Gasteiger partial charge in [0, 0.05) is 10.6 Å². The first kappa shape index (κ1) is 11.3. The summed E-state index contributed by atoms with van der Waals surface area (Å²) in [5.74, 6) is 3.22. The van der Waals surface area contributed by atoms with E-state index in [-0.39, 0.29) is 5.54 Å². The highest BCUT2D eigenvalue weighted by Crippen LogP contribution is 2.61. The van der Waals surface area contributed by atoms with Crippen molar-refractivity contribution in [1.29, 1.82) is 0 Å². The lowest BCUT2D eigenvalue weighted by atomic mass is 9.47. The van der Waals surface area contributed by atoms with E-state index in [1.807, 2.05) is 12.1 Å². The van der Waals surface area contributed by atoms with Crippen LogP contribution in [0, 0.1) is 23.7 Å². The third-order valence-electron chi connectivity index (χ3n) is 5.83. The molecule has 4 saturated carbocycles. The van der Waals surface area contributed by atoms with E-state index >= 15 is 0 Å². The van der Waals surface area contributed by atoms with Gasteiger partial charge >= 0.3 is 0 Å². The maximum Gasteiger partial charge on any atom is 0.0481 e. The van der Waals surface area contributed by atoms with Crippen molar-refractivity contribution in [3.05, 3.63) is 34.9 Å². The van der Waals surface area contributed by atoms with Crippen molar-refractivity contribution in [3.8, 4) is 0 Å².